The molecule has 0 saturated heterocycles. The first-order chi connectivity index (χ1) is 13.9. The quantitative estimate of drug-likeness (QED) is 0.635. The average Bonchev–Trinajstić information content (AvgIpc) is 3.21. The van der Waals surface area contributed by atoms with E-state index in [0.717, 1.165) is 5.56 Å². The lowest BCUT2D eigenvalue weighted by Crippen LogP contribution is -2.31. The molecule has 1 aliphatic rings. The van der Waals surface area contributed by atoms with E-state index in [2.05, 4.69) is 0 Å². The molecular weight excluding hydrogens is 374 g/mol. The van der Waals surface area contributed by atoms with E-state index in [1.807, 2.05) is 0 Å². The van der Waals surface area contributed by atoms with Crippen LogP contribution in [-0.4, -0.2) is 23.6 Å². The highest BCUT2D eigenvalue weighted by Gasteiger charge is 2.34. The molecule has 1 unspecified atom stereocenters. The van der Waals surface area contributed by atoms with Gasteiger partial charge in [0.2, 0.25) is 0 Å². The number of benzene rings is 1. The van der Waals surface area contributed by atoms with Crippen LogP contribution in [0.5, 0.6) is 5.75 Å². The molecule has 7 nitrogen and oxygen atoms in total. The molecule has 3 aromatic rings. The van der Waals surface area contributed by atoms with Gasteiger partial charge < -0.3 is 18.5 Å². The summed E-state index contributed by atoms with van der Waals surface area (Å²) in [6, 6.07) is 12.0. The third-order valence-electron chi connectivity index (χ3n) is 5.17. The molecule has 0 aliphatic carbocycles. The Labute approximate surface area is 166 Å². The molecule has 3 heterocycles. The first-order valence-electron chi connectivity index (χ1n) is 9.08. The third kappa shape index (κ3) is 3.24. The Morgan fingerprint density at radius 1 is 1.14 bits per heavy atom. The molecule has 7 heteroatoms. The molecular formula is C22H19NO6. The van der Waals surface area contributed by atoms with Crippen LogP contribution in [0.25, 0.3) is 11.3 Å². The number of nitrogens with zero attached hydrogens (tertiary/aromatic N) is 1. The second-order valence-electron chi connectivity index (χ2n) is 6.93. The second-order valence-corrected chi connectivity index (χ2v) is 6.93. The SMILES string of the molecule is COC(=O)c1ccc(-c2ccc(C3CC(=O)Oc4cc(C)n(C)c(=O)c43)o2)cc1. The summed E-state index contributed by atoms with van der Waals surface area (Å²) in [5.41, 5.74) is 2.11. The van der Waals surface area contributed by atoms with Crippen LogP contribution in [-0.2, 0) is 16.6 Å². The van der Waals surface area contributed by atoms with Crippen LogP contribution in [0.3, 0.4) is 0 Å². The van der Waals surface area contributed by atoms with Crippen molar-refractivity contribution < 1.29 is 23.5 Å². The summed E-state index contributed by atoms with van der Waals surface area (Å²) in [6.45, 7) is 1.78. The van der Waals surface area contributed by atoms with E-state index in [1.165, 1.54) is 11.7 Å². The van der Waals surface area contributed by atoms with Gasteiger partial charge in [-0.2, -0.15) is 0 Å². The number of fused-ring (bicyclic) bond motifs is 1. The molecule has 29 heavy (non-hydrogen) atoms. The molecule has 0 spiro atoms. The molecule has 1 aromatic carbocycles. The summed E-state index contributed by atoms with van der Waals surface area (Å²) >= 11 is 0. The van der Waals surface area contributed by atoms with Gasteiger partial charge in [0, 0.05) is 24.4 Å². The summed E-state index contributed by atoms with van der Waals surface area (Å²) in [7, 11) is 3.01. The summed E-state index contributed by atoms with van der Waals surface area (Å²) in [5, 5.41) is 0. The van der Waals surface area contributed by atoms with E-state index in [4.69, 9.17) is 13.9 Å². The Morgan fingerprint density at radius 2 is 1.86 bits per heavy atom. The normalized spacial score (nSPS) is 15.6. The van der Waals surface area contributed by atoms with Gasteiger partial charge in [-0.15, -0.1) is 0 Å². The minimum atomic E-state index is -0.520. The van der Waals surface area contributed by atoms with Crippen molar-refractivity contribution in [3.8, 4) is 17.1 Å². The minimum absolute atomic E-state index is 0.0273. The van der Waals surface area contributed by atoms with Crippen molar-refractivity contribution in [1.82, 2.24) is 4.57 Å². The molecule has 0 N–H and O–H groups in total. The Kier molecular flexibility index (Phi) is 4.58. The van der Waals surface area contributed by atoms with Gasteiger partial charge in [-0.1, -0.05) is 12.1 Å². The molecule has 0 saturated carbocycles. The van der Waals surface area contributed by atoms with Gasteiger partial charge in [-0.25, -0.2) is 4.79 Å². The molecule has 0 amide bonds. The highest BCUT2D eigenvalue weighted by atomic mass is 16.5. The molecule has 2 aromatic heterocycles. The number of hydrogen-bond acceptors (Lipinski definition) is 6. The topological polar surface area (TPSA) is 87.7 Å². The fourth-order valence-electron chi connectivity index (χ4n) is 3.48. The number of furan rings is 1. The number of ether oxygens (including phenoxy) is 2. The van der Waals surface area contributed by atoms with Crippen LogP contribution >= 0.6 is 0 Å². The second kappa shape index (κ2) is 7.09. The number of aryl methyl sites for hydroxylation is 1. The van der Waals surface area contributed by atoms with Crippen LogP contribution in [0.15, 0.2) is 51.7 Å². The molecule has 0 fully saturated rings. The average molecular weight is 393 g/mol. The zero-order valence-corrected chi connectivity index (χ0v) is 16.2. The van der Waals surface area contributed by atoms with Gasteiger partial charge in [-0.3, -0.25) is 9.59 Å². The van der Waals surface area contributed by atoms with Crippen molar-refractivity contribution in [2.24, 2.45) is 7.05 Å². The van der Waals surface area contributed by atoms with E-state index in [9.17, 15) is 14.4 Å². The molecule has 1 aliphatic heterocycles. The largest absolute Gasteiger partial charge is 0.465 e. The van der Waals surface area contributed by atoms with Crippen LogP contribution in [0, 0.1) is 6.92 Å². The predicted octanol–water partition coefficient (Wildman–Crippen LogP) is 3.18. The lowest BCUT2D eigenvalue weighted by molar-refractivity contribution is -0.135. The van der Waals surface area contributed by atoms with Crippen molar-refractivity contribution in [2.45, 2.75) is 19.3 Å². The molecule has 0 radical (unpaired) electrons. The Bertz CT molecular complexity index is 1170. The summed E-state index contributed by atoms with van der Waals surface area (Å²) < 4.78 is 17.5. The Morgan fingerprint density at radius 3 is 2.55 bits per heavy atom. The number of methoxy groups -OCH3 is 1. The van der Waals surface area contributed by atoms with Gasteiger partial charge in [0.15, 0.2) is 0 Å². The number of pyridine rings is 1. The lowest BCUT2D eigenvalue weighted by atomic mass is 9.91. The van der Waals surface area contributed by atoms with Crippen LogP contribution < -0.4 is 10.3 Å². The maximum Gasteiger partial charge on any atom is 0.337 e. The summed E-state index contributed by atoms with van der Waals surface area (Å²) in [5.74, 6) is 0.0216. The standard InChI is InChI=1S/C22H19NO6/c1-12-10-18-20(21(25)23(12)2)15(11-19(24)29-18)17-9-8-16(28-17)13-4-6-14(7-5-13)22(26)27-3/h4-10,15H,11H2,1-3H3. The highest BCUT2D eigenvalue weighted by molar-refractivity contribution is 5.89. The fourth-order valence-corrected chi connectivity index (χ4v) is 3.48. The van der Waals surface area contributed by atoms with Crippen LogP contribution in [0.4, 0.5) is 0 Å². The zero-order chi connectivity index (χ0) is 20.7. The number of esters is 2. The molecule has 1 atom stereocenters. The zero-order valence-electron chi connectivity index (χ0n) is 16.2. The smallest absolute Gasteiger partial charge is 0.337 e. The number of carbonyl (C=O) groups excluding carboxylic acids is 2. The number of hydrogen-bond donors (Lipinski definition) is 0. The summed E-state index contributed by atoms with van der Waals surface area (Å²) in [6.07, 6.45) is 0.0273. The number of rotatable bonds is 3. The van der Waals surface area contributed by atoms with Gasteiger partial charge in [0.25, 0.3) is 5.56 Å². The van der Waals surface area contributed by atoms with Gasteiger partial charge in [-0.05, 0) is 31.2 Å². The van der Waals surface area contributed by atoms with E-state index >= 15 is 0 Å². The van der Waals surface area contributed by atoms with Gasteiger partial charge in [0.1, 0.15) is 17.3 Å². The first-order valence-corrected chi connectivity index (χ1v) is 9.08. The monoisotopic (exact) mass is 393 g/mol. The summed E-state index contributed by atoms with van der Waals surface area (Å²) in [4.78, 5) is 36.5. The van der Waals surface area contributed by atoms with E-state index in [-0.39, 0.29) is 17.7 Å². The van der Waals surface area contributed by atoms with Crippen molar-refractivity contribution in [3.05, 3.63) is 75.4 Å². The maximum atomic E-state index is 12.8. The van der Waals surface area contributed by atoms with E-state index < -0.39 is 17.9 Å². The Balaban J connectivity index is 1.72. The van der Waals surface area contributed by atoms with Crippen molar-refractivity contribution in [3.63, 3.8) is 0 Å². The van der Waals surface area contributed by atoms with Crippen LogP contribution in [0.1, 0.15) is 39.7 Å². The van der Waals surface area contributed by atoms with E-state index in [0.29, 0.717) is 28.3 Å². The lowest BCUT2D eigenvalue weighted by Gasteiger charge is -2.23. The van der Waals surface area contributed by atoms with Crippen molar-refractivity contribution >= 4 is 11.9 Å². The Hall–Kier alpha value is -3.61. The highest BCUT2D eigenvalue weighted by Crippen LogP contribution is 2.38. The number of carbonyl (C=O) groups is 2. The van der Waals surface area contributed by atoms with Crippen molar-refractivity contribution in [2.75, 3.05) is 7.11 Å². The van der Waals surface area contributed by atoms with E-state index in [1.54, 1.807) is 56.4 Å². The first kappa shape index (κ1) is 18.7. The molecule has 0 bridgehead atoms. The predicted molar refractivity (Wildman–Crippen MR) is 104 cm³/mol. The van der Waals surface area contributed by atoms with Crippen LogP contribution in [0.2, 0.25) is 0 Å². The van der Waals surface area contributed by atoms with Gasteiger partial charge in [0.05, 0.1) is 30.6 Å². The maximum absolute atomic E-state index is 12.8. The van der Waals surface area contributed by atoms with Crippen molar-refractivity contribution in [1.29, 1.82) is 0 Å². The molecule has 4 rings (SSSR count). The fraction of sp³-hybridized carbons (Fsp3) is 0.227. The minimum Gasteiger partial charge on any atom is -0.465 e. The molecule has 148 valence electrons. The number of aromatic nitrogens is 1. The third-order valence-corrected chi connectivity index (χ3v) is 5.17. The van der Waals surface area contributed by atoms with Gasteiger partial charge >= 0.3 is 11.9 Å².